The third kappa shape index (κ3) is 3.22. The first kappa shape index (κ1) is 14.8. The van der Waals surface area contributed by atoms with Crippen molar-refractivity contribution in [2.24, 2.45) is 23.7 Å². The van der Waals surface area contributed by atoms with Gasteiger partial charge in [-0.25, -0.2) is 0 Å². The van der Waals surface area contributed by atoms with E-state index in [0.717, 1.165) is 29.7 Å². The molecule has 1 N–H and O–H groups in total. The molecule has 0 radical (unpaired) electrons. The first-order chi connectivity index (χ1) is 9.42. The minimum absolute atomic E-state index is 0.267. The van der Waals surface area contributed by atoms with Gasteiger partial charge in [-0.15, -0.1) is 0 Å². The highest BCUT2D eigenvalue weighted by Gasteiger charge is 2.44. The van der Waals surface area contributed by atoms with Gasteiger partial charge in [-0.2, -0.15) is 0 Å². The fourth-order valence-corrected chi connectivity index (χ4v) is 5.01. The number of hydrogen-bond donors (Lipinski definition) is 1. The summed E-state index contributed by atoms with van der Waals surface area (Å²) in [4.78, 5) is 2.81. The molecule has 2 saturated carbocycles. The van der Waals surface area contributed by atoms with E-state index in [-0.39, 0.29) is 5.54 Å². The average Bonchev–Trinajstić information content (AvgIpc) is 3.10. The maximum atomic E-state index is 3.69. The number of hydrogen-bond acceptors (Lipinski definition) is 2. The van der Waals surface area contributed by atoms with Gasteiger partial charge in [-0.3, -0.25) is 0 Å². The first-order valence-electron chi connectivity index (χ1n) is 8.91. The van der Waals surface area contributed by atoms with Gasteiger partial charge in [-0.1, -0.05) is 6.42 Å². The lowest BCUT2D eigenvalue weighted by molar-refractivity contribution is 0.140. The lowest BCUT2D eigenvalue weighted by Gasteiger charge is -2.34. The summed E-state index contributed by atoms with van der Waals surface area (Å²) in [7, 11) is 0. The van der Waals surface area contributed by atoms with E-state index in [1.807, 2.05) is 0 Å². The molecule has 2 aliphatic carbocycles. The van der Waals surface area contributed by atoms with Crippen molar-refractivity contribution in [1.82, 2.24) is 10.2 Å². The molecule has 5 atom stereocenters. The molecule has 2 bridgehead atoms. The Morgan fingerprint density at radius 2 is 1.95 bits per heavy atom. The highest BCUT2D eigenvalue weighted by atomic mass is 15.2. The quantitative estimate of drug-likeness (QED) is 0.846. The van der Waals surface area contributed by atoms with Gasteiger partial charge in [0.1, 0.15) is 0 Å². The van der Waals surface area contributed by atoms with Crippen LogP contribution in [0.3, 0.4) is 0 Å². The summed E-state index contributed by atoms with van der Waals surface area (Å²) >= 11 is 0. The summed E-state index contributed by atoms with van der Waals surface area (Å²) in [5.74, 6) is 4.05. The van der Waals surface area contributed by atoms with Crippen LogP contribution in [0.15, 0.2) is 0 Å². The Bertz CT molecular complexity index is 333. The van der Waals surface area contributed by atoms with E-state index in [0.29, 0.717) is 0 Å². The standard InChI is InChI=1S/C18H34N2/c1-13(17-10-14-5-6-16(17)9-14)20-8-7-15(12-20)11-19-18(2,3)4/h13-17,19H,5-12H2,1-4H3. The number of likely N-dealkylation sites (tertiary alicyclic amines) is 1. The summed E-state index contributed by atoms with van der Waals surface area (Å²) in [6.07, 6.45) is 7.55. The molecule has 1 heterocycles. The number of nitrogens with zero attached hydrogens (tertiary/aromatic N) is 1. The summed E-state index contributed by atoms with van der Waals surface area (Å²) < 4.78 is 0. The van der Waals surface area contributed by atoms with E-state index in [1.165, 1.54) is 45.3 Å². The predicted molar refractivity (Wildman–Crippen MR) is 85.8 cm³/mol. The van der Waals surface area contributed by atoms with Gasteiger partial charge in [0.05, 0.1) is 0 Å². The molecular formula is C18H34N2. The fraction of sp³-hybridized carbons (Fsp3) is 1.00. The maximum absolute atomic E-state index is 3.69. The molecule has 2 nitrogen and oxygen atoms in total. The van der Waals surface area contributed by atoms with Gasteiger partial charge in [0.15, 0.2) is 0 Å². The highest BCUT2D eigenvalue weighted by molar-refractivity contribution is 4.96. The van der Waals surface area contributed by atoms with Crippen LogP contribution in [0.5, 0.6) is 0 Å². The molecule has 0 aromatic rings. The topological polar surface area (TPSA) is 15.3 Å². The second-order valence-corrected chi connectivity index (χ2v) is 8.86. The zero-order chi connectivity index (χ0) is 14.3. The molecule has 0 aromatic heterocycles. The van der Waals surface area contributed by atoms with Crippen LogP contribution in [-0.2, 0) is 0 Å². The molecule has 0 spiro atoms. The SMILES string of the molecule is CC(C1CC2CCC1C2)N1CCC(CNC(C)(C)C)C1. The van der Waals surface area contributed by atoms with Crippen molar-refractivity contribution in [2.45, 2.75) is 71.4 Å². The summed E-state index contributed by atoms with van der Waals surface area (Å²) in [5, 5.41) is 3.69. The van der Waals surface area contributed by atoms with E-state index in [1.54, 1.807) is 6.42 Å². The molecule has 3 aliphatic rings. The van der Waals surface area contributed by atoms with Crippen molar-refractivity contribution in [3.8, 4) is 0 Å². The summed E-state index contributed by atoms with van der Waals surface area (Å²) in [6.45, 7) is 13.2. The van der Waals surface area contributed by atoms with Crippen LogP contribution in [0.2, 0.25) is 0 Å². The molecular weight excluding hydrogens is 244 g/mol. The lowest BCUT2D eigenvalue weighted by Crippen LogP contribution is -2.42. The second kappa shape index (κ2) is 5.61. The van der Waals surface area contributed by atoms with Crippen molar-refractivity contribution >= 4 is 0 Å². The molecule has 3 fully saturated rings. The minimum atomic E-state index is 0.267. The summed E-state index contributed by atoms with van der Waals surface area (Å²) in [5.41, 5.74) is 0.267. The van der Waals surface area contributed by atoms with Gasteiger partial charge in [0.25, 0.3) is 0 Å². The van der Waals surface area contributed by atoms with Crippen LogP contribution >= 0.6 is 0 Å². The molecule has 20 heavy (non-hydrogen) atoms. The highest BCUT2D eigenvalue weighted by Crippen LogP contribution is 2.50. The van der Waals surface area contributed by atoms with E-state index in [4.69, 9.17) is 0 Å². The molecule has 3 rings (SSSR count). The molecule has 0 amide bonds. The molecule has 0 aromatic carbocycles. The van der Waals surface area contributed by atoms with Crippen LogP contribution in [0.25, 0.3) is 0 Å². The first-order valence-corrected chi connectivity index (χ1v) is 8.91. The largest absolute Gasteiger partial charge is 0.312 e. The van der Waals surface area contributed by atoms with Gasteiger partial charge in [-0.05, 0) is 90.1 Å². The second-order valence-electron chi connectivity index (χ2n) is 8.86. The van der Waals surface area contributed by atoms with Crippen LogP contribution in [0.1, 0.15) is 59.8 Å². The van der Waals surface area contributed by atoms with E-state index >= 15 is 0 Å². The third-order valence-corrected chi connectivity index (χ3v) is 6.23. The van der Waals surface area contributed by atoms with E-state index < -0.39 is 0 Å². The molecule has 2 heteroatoms. The number of fused-ring (bicyclic) bond motifs is 2. The van der Waals surface area contributed by atoms with Crippen molar-refractivity contribution in [1.29, 1.82) is 0 Å². The zero-order valence-corrected chi connectivity index (χ0v) is 14.0. The Morgan fingerprint density at radius 1 is 1.15 bits per heavy atom. The van der Waals surface area contributed by atoms with Crippen molar-refractivity contribution in [3.63, 3.8) is 0 Å². The fourth-order valence-electron chi connectivity index (χ4n) is 5.01. The monoisotopic (exact) mass is 278 g/mol. The zero-order valence-electron chi connectivity index (χ0n) is 14.0. The van der Waals surface area contributed by atoms with Crippen molar-refractivity contribution in [3.05, 3.63) is 0 Å². The van der Waals surface area contributed by atoms with Crippen molar-refractivity contribution < 1.29 is 0 Å². The van der Waals surface area contributed by atoms with Gasteiger partial charge < -0.3 is 10.2 Å². The Hall–Kier alpha value is -0.0800. The normalized spacial score (nSPS) is 39.6. The van der Waals surface area contributed by atoms with Gasteiger partial charge in [0, 0.05) is 18.1 Å². The maximum Gasteiger partial charge on any atom is 0.00980 e. The Kier molecular flexibility index (Phi) is 4.16. The van der Waals surface area contributed by atoms with Crippen LogP contribution in [-0.4, -0.2) is 36.1 Å². The van der Waals surface area contributed by atoms with Crippen LogP contribution in [0, 0.1) is 23.7 Å². The molecule has 5 unspecified atom stereocenters. The number of rotatable bonds is 4. The van der Waals surface area contributed by atoms with E-state index in [2.05, 4.69) is 37.9 Å². The minimum Gasteiger partial charge on any atom is -0.312 e. The smallest absolute Gasteiger partial charge is 0.00980 e. The third-order valence-electron chi connectivity index (χ3n) is 6.23. The molecule has 116 valence electrons. The molecule has 1 saturated heterocycles. The van der Waals surface area contributed by atoms with Gasteiger partial charge >= 0.3 is 0 Å². The summed E-state index contributed by atoms with van der Waals surface area (Å²) in [6, 6.07) is 0.838. The van der Waals surface area contributed by atoms with Crippen LogP contribution < -0.4 is 5.32 Å². The van der Waals surface area contributed by atoms with Crippen molar-refractivity contribution in [2.75, 3.05) is 19.6 Å². The predicted octanol–water partition coefficient (Wildman–Crippen LogP) is 3.52. The number of nitrogens with one attached hydrogen (secondary N) is 1. The molecule has 1 aliphatic heterocycles. The Morgan fingerprint density at radius 3 is 2.55 bits per heavy atom. The Balaban J connectivity index is 1.47. The average molecular weight is 278 g/mol. The Labute approximate surface area is 125 Å². The van der Waals surface area contributed by atoms with Crippen LogP contribution in [0.4, 0.5) is 0 Å². The van der Waals surface area contributed by atoms with Gasteiger partial charge in [0.2, 0.25) is 0 Å². The lowest BCUT2D eigenvalue weighted by atomic mass is 9.83. The van der Waals surface area contributed by atoms with E-state index in [9.17, 15) is 0 Å².